The molecule has 2 atom stereocenters. The molecule has 21 heavy (non-hydrogen) atoms. The molecule has 0 bridgehead atoms. The molecule has 1 saturated carbocycles. The number of aromatic nitrogens is 2. The largest absolute Gasteiger partial charge is 0.451 e. The van der Waals surface area contributed by atoms with Crippen molar-refractivity contribution < 1.29 is 17.9 Å². The molecule has 1 aromatic heterocycles. The van der Waals surface area contributed by atoms with E-state index in [0.29, 0.717) is 12.5 Å². The highest BCUT2D eigenvalue weighted by atomic mass is 19.4. The molecular formula is C13H17F3N4O. The van der Waals surface area contributed by atoms with Crippen LogP contribution in [0.25, 0.3) is 0 Å². The highest BCUT2D eigenvalue weighted by Gasteiger charge is 2.41. The maximum absolute atomic E-state index is 12.8. The Labute approximate surface area is 120 Å². The van der Waals surface area contributed by atoms with Gasteiger partial charge in [0.15, 0.2) is 0 Å². The fraction of sp³-hybridized carbons (Fsp3) is 0.692. The zero-order valence-corrected chi connectivity index (χ0v) is 11.6. The maximum atomic E-state index is 12.8. The third kappa shape index (κ3) is 3.20. The average Bonchev–Trinajstić information content (AvgIpc) is 3.18. The van der Waals surface area contributed by atoms with Gasteiger partial charge in [-0.3, -0.25) is 0 Å². The average molecular weight is 302 g/mol. The molecule has 116 valence electrons. The number of nitrogens with zero attached hydrogens (tertiary/aromatic N) is 2. The van der Waals surface area contributed by atoms with Crippen LogP contribution in [0.1, 0.15) is 25.1 Å². The van der Waals surface area contributed by atoms with Crippen molar-refractivity contribution in [3.63, 3.8) is 0 Å². The third-order valence-electron chi connectivity index (χ3n) is 3.79. The van der Waals surface area contributed by atoms with E-state index >= 15 is 0 Å². The van der Waals surface area contributed by atoms with Gasteiger partial charge in [-0.15, -0.1) is 0 Å². The first kappa shape index (κ1) is 14.4. The number of nitrogens with one attached hydrogen (secondary N) is 2. The lowest BCUT2D eigenvalue weighted by molar-refractivity contribution is -0.144. The molecule has 5 nitrogen and oxygen atoms in total. The summed E-state index contributed by atoms with van der Waals surface area (Å²) in [5.41, 5.74) is 0. The predicted molar refractivity (Wildman–Crippen MR) is 71.1 cm³/mol. The zero-order valence-electron chi connectivity index (χ0n) is 11.6. The standard InChI is InChI=1S/C13H17F3N4O/c1-17-9-6-10(20-12(19-9)13(14,15)16)18-8-4-5-21-11(8)7-2-3-7/h6-8,11H,2-5H2,1H3,(H2,17,18,19,20). The van der Waals surface area contributed by atoms with Crippen LogP contribution in [0.4, 0.5) is 24.8 Å². The lowest BCUT2D eigenvalue weighted by Gasteiger charge is -2.20. The molecule has 0 amide bonds. The number of alkyl halides is 3. The third-order valence-corrected chi connectivity index (χ3v) is 3.79. The Balaban J connectivity index is 1.80. The molecule has 1 aliphatic carbocycles. The SMILES string of the molecule is CNc1cc(NC2CCOC2C2CC2)nc(C(F)(F)F)n1. The molecule has 0 spiro atoms. The second-order valence-corrected chi connectivity index (χ2v) is 5.42. The Morgan fingerprint density at radius 3 is 2.52 bits per heavy atom. The van der Waals surface area contributed by atoms with Crippen molar-refractivity contribution in [3.05, 3.63) is 11.9 Å². The summed E-state index contributed by atoms with van der Waals surface area (Å²) < 4.78 is 44.1. The van der Waals surface area contributed by atoms with Crippen molar-refractivity contribution >= 4 is 11.6 Å². The molecule has 0 radical (unpaired) electrons. The highest BCUT2D eigenvalue weighted by Crippen LogP contribution is 2.39. The van der Waals surface area contributed by atoms with Gasteiger partial charge >= 0.3 is 6.18 Å². The molecule has 1 saturated heterocycles. The second-order valence-electron chi connectivity index (χ2n) is 5.42. The summed E-state index contributed by atoms with van der Waals surface area (Å²) in [7, 11) is 1.53. The van der Waals surface area contributed by atoms with Crippen molar-refractivity contribution in [2.75, 3.05) is 24.3 Å². The van der Waals surface area contributed by atoms with E-state index < -0.39 is 12.0 Å². The number of ether oxygens (including phenoxy) is 1. The smallest absolute Gasteiger partial charge is 0.376 e. The molecule has 2 heterocycles. The molecule has 0 aromatic carbocycles. The van der Waals surface area contributed by atoms with Crippen molar-refractivity contribution in [2.24, 2.45) is 5.92 Å². The summed E-state index contributed by atoms with van der Waals surface area (Å²) in [6, 6.07) is 1.50. The van der Waals surface area contributed by atoms with Crippen LogP contribution >= 0.6 is 0 Å². The molecule has 2 fully saturated rings. The van der Waals surface area contributed by atoms with E-state index in [4.69, 9.17) is 4.74 Å². The van der Waals surface area contributed by atoms with Gasteiger partial charge in [0.1, 0.15) is 11.6 Å². The first-order valence-electron chi connectivity index (χ1n) is 6.99. The number of halogens is 3. The van der Waals surface area contributed by atoms with Crippen LogP contribution in [0, 0.1) is 5.92 Å². The first-order valence-corrected chi connectivity index (χ1v) is 6.99. The Bertz CT molecular complexity index is 519. The minimum atomic E-state index is -4.56. The zero-order chi connectivity index (χ0) is 15.0. The quantitative estimate of drug-likeness (QED) is 0.895. The summed E-state index contributed by atoms with van der Waals surface area (Å²) in [6.45, 7) is 0.634. The van der Waals surface area contributed by atoms with Gasteiger partial charge in [-0.25, -0.2) is 9.97 Å². The molecule has 1 aromatic rings. The molecule has 8 heteroatoms. The van der Waals surface area contributed by atoms with Crippen molar-refractivity contribution in [1.29, 1.82) is 0 Å². The van der Waals surface area contributed by atoms with E-state index in [0.717, 1.165) is 19.3 Å². The monoisotopic (exact) mass is 302 g/mol. The summed E-state index contributed by atoms with van der Waals surface area (Å²) in [4.78, 5) is 7.03. The Morgan fingerprint density at radius 1 is 1.19 bits per heavy atom. The van der Waals surface area contributed by atoms with Gasteiger partial charge in [0.2, 0.25) is 5.82 Å². The number of anilines is 2. The van der Waals surface area contributed by atoms with E-state index in [-0.39, 0.29) is 23.8 Å². The summed E-state index contributed by atoms with van der Waals surface area (Å²) >= 11 is 0. The summed E-state index contributed by atoms with van der Waals surface area (Å²) in [5, 5.41) is 5.71. The van der Waals surface area contributed by atoms with Gasteiger partial charge < -0.3 is 15.4 Å². The van der Waals surface area contributed by atoms with Crippen LogP contribution in [-0.2, 0) is 10.9 Å². The first-order chi connectivity index (χ1) is 9.97. The molecule has 2 aliphatic rings. The van der Waals surface area contributed by atoms with E-state index in [9.17, 15) is 13.2 Å². The van der Waals surface area contributed by atoms with Crippen LogP contribution in [0.3, 0.4) is 0 Å². The number of hydrogen-bond acceptors (Lipinski definition) is 5. The number of rotatable bonds is 4. The number of hydrogen-bond donors (Lipinski definition) is 2. The van der Waals surface area contributed by atoms with E-state index in [1.165, 1.54) is 13.1 Å². The minimum absolute atomic E-state index is 0.0122. The van der Waals surface area contributed by atoms with Crippen molar-refractivity contribution in [1.82, 2.24) is 9.97 Å². The maximum Gasteiger partial charge on any atom is 0.451 e. The van der Waals surface area contributed by atoms with Crippen LogP contribution in [-0.4, -0.2) is 35.8 Å². The van der Waals surface area contributed by atoms with Gasteiger partial charge in [-0.1, -0.05) is 0 Å². The van der Waals surface area contributed by atoms with Gasteiger partial charge in [0, 0.05) is 19.7 Å². The van der Waals surface area contributed by atoms with E-state index in [1.54, 1.807) is 0 Å². The van der Waals surface area contributed by atoms with Crippen molar-refractivity contribution in [2.45, 2.75) is 37.6 Å². The molecule has 2 unspecified atom stereocenters. The lowest BCUT2D eigenvalue weighted by atomic mass is 10.1. The molecular weight excluding hydrogens is 285 g/mol. The topological polar surface area (TPSA) is 59.1 Å². The Kier molecular flexibility index (Phi) is 3.64. The second kappa shape index (κ2) is 5.32. The summed E-state index contributed by atoms with van der Waals surface area (Å²) in [5.74, 6) is -0.291. The fourth-order valence-electron chi connectivity index (χ4n) is 2.62. The van der Waals surface area contributed by atoms with Crippen LogP contribution < -0.4 is 10.6 Å². The van der Waals surface area contributed by atoms with Gasteiger partial charge in [0.25, 0.3) is 0 Å². The Morgan fingerprint density at radius 2 is 1.90 bits per heavy atom. The van der Waals surface area contributed by atoms with Crippen LogP contribution in [0.5, 0.6) is 0 Å². The normalized spacial score (nSPS) is 25.9. The molecule has 2 N–H and O–H groups in total. The summed E-state index contributed by atoms with van der Waals surface area (Å²) in [6.07, 6.45) is -1.45. The fourth-order valence-corrected chi connectivity index (χ4v) is 2.62. The van der Waals surface area contributed by atoms with Gasteiger partial charge in [0.05, 0.1) is 12.1 Å². The van der Waals surface area contributed by atoms with Gasteiger partial charge in [-0.2, -0.15) is 13.2 Å². The predicted octanol–water partition coefficient (Wildman–Crippen LogP) is 2.52. The van der Waals surface area contributed by atoms with Gasteiger partial charge in [-0.05, 0) is 25.2 Å². The Hall–Kier alpha value is -1.57. The lowest BCUT2D eigenvalue weighted by Crippen LogP contribution is -2.31. The highest BCUT2D eigenvalue weighted by molar-refractivity contribution is 5.48. The molecule has 3 rings (SSSR count). The van der Waals surface area contributed by atoms with E-state index in [2.05, 4.69) is 20.6 Å². The van der Waals surface area contributed by atoms with E-state index in [1.807, 2.05) is 0 Å². The van der Waals surface area contributed by atoms with Crippen LogP contribution in [0.15, 0.2) is 6.07 Å². The van der Waals surface area contributed by atoms with Crippen molar-refractivity contribution in [3.8, 4) is 0 Å². The molecule has 1 aliphatic heterocycles. The van der Waals surface area contributed by atoms with Crippen LogP contribution in [0.2, 0.25) is 0 Å². The minimum Gasteiger partial charge on any atom is -0.376 e.